The fourth-order valence-electron chi connectivity index (χ4n) is 5.35. The Kier molecular flexibility index (Phi) is 10.8. The SMILES string of the molecule is CC[C@@H](C(=O)NC1CCCCC1)N(Cc1ccc(F)cc1)C(=O)CN(c1ccc(C)c(Cl)c1)S(=O)(=O)c1ccc(C)cc1. The standard InChI is InChI=1S/C33H39ClFN3O4S/c1-4-31(33(40)36-27-8-6-5-7-9-27)37(21-25-13-15-26(35)16-14-25)32(39)22-38(28-17-12-24(3)30(34)20-28)43(41,42)29-18-10-23(2)11-19-29/h10-20,27,31H,4-9,21-22H2,1-3H3,(H,36,40)/t31-/m0/s1. The zero-order valence-electron chi connectivity index (χ0n) is 24.9. The number of hydrogen-bond donors (Lipinski definition) is 1. The molecule has 1 atom stereocenters. The lowest BCUT2D eigenvalue weighted by molar-refractivity contribution is -0.140. The molecule has 43 heavy (non-hydrogen) atoms. The van der Waals surface area contributed by atoms with Crippen LogP contribution in [-0.4, -0.2) is 43.8 Å². The summed E-state index contributed by atoms with van der Waals surface area (Å²) in [6.45, 7) is 4.91. The van der Waals surface area contributed by atoms with Crippen LogP contribution in [-0.2, 0) is 26.2 Å². The summed E-state index contributed by atoms with van der Waals surface area (Å²) in [6, 6.07) is 16.1. The van der Waals surface area contributed by atoms with Crippen LogP contribution < -0.4 is 9.62 Å². The molecule has 0 spiro atoms. The highest BCUT2D eigenvalue weighted by molar-refractivity contribution is 7.92. The molecular formula is C33H39ClFN3O4S. The Hall–Kier alpha value is -3.43. The Bertz CT molecular complexity index is 1520. The zero-order chi connectivity index (χ0) is 31.1. The Morgan fingerprint density at radius 2 is 1.63 bits per heavy atom. The van der Waals surface area contributed by atoms with Crippen molar-refractivity contribution in [2.24, 2.45) is 0 Å². The van der Waals surface area contributed by atoms with Gasteiger partial charge in [-0.3, -0.25) is 13.9 Å². The van der Waals surface area contributed by atoms with Crippen molar-refractivity contribution in [3.8, 4) is 0 Å². The van der Waals surface area contributed by atoms with Gasteiger partial charge in [-0.15, -0.1) is 0 Å². The molecule has 2 amide bonds. The first-order valence-corrected chi connectivity index (χ1v) is 16.5. The summed E-state index contributed by atoms with van der Waals surface area (Å²) in [6.07, 6.45) is 5.27. The lowest BCUT2D eigenvalue weighted by Gasteiger charge is -2.34. The summed E-state index contributed by atoms with van der Waals surface area (Å²) in [4.78, 5) is 29.2. The molecule has 1 aliphatic rings. The quantitative estimate of drug-likeness (QED) is 0.261. The number of carbonyl (C=O) groups is 2. The molecule has 0 aromatic heterocycles. The average molecular weight is 628 g/mol. The van der Waals surface area contributed by atoms with Gasteiger partial charge in [0.2, 0.25) is 11.8 Å². The lowest BCUT2D eigenvalue weighted by atomic mass is 9.95. The van der Waals surface area contributed by atoms with E-state index in [0.717, 1.165) is 47.5 Å². The maximum Gasteiger partial charge on any atom is 0.264 e. The molecule has 0 aliphatic heterocycles. The molecule has 3 aromatic carbocycles. The Balaban J connectivity index is 1.72. The number of benzene rings is 3. The van der Waals surface area contributed by atoms with E-state index in [-0.39, 0.29) is 29.1 Å². The molecule has 230 valence electrons. The van der Waals surface area contributed by atoms with E-state index >= 15 is 0 Å². The van der Waals surface area contributed by atoms with Crippen molar-refractivity contribution in [3.63, 3.8) is 0 Å². The molecule has 10 heteroatoms. The van der Waals surface area contributed by atoms with Crippen LogP contribution in [0.3, 0.4) is 0 Å². The van der Waals surface area contributed by atoms with Crippen molar-refractivity contribution in [2.75, 3.05) is 10.8 Å². The molecule has 1 N–H and O–H groups in total. The molecule has 0 unspecified atom stereocenters. The Morgan fingerprint density at radius 3 is 2.23 bits per heavy atom. The van der Waals surface area contributed by atoms with Crippen LogP contribution in [0.15, 0.2) is 71.6 Å². The van der Waals surface area contributed by atoms with Gasteiger partial charge in [0.15, 0.2) is 0 Å². The first kappa shape index (κ1) is 32.5. The Labute approximate surface area is 259 Å². The van der Waals surface area contributed by atoms with E-state index in [0.29, 0.717) is 17.0 Å². The molecule has 1 aliphatic carbocycles. The van der Waals surface area contributed by atoms with Crippen LogP contribution >= 0.6 is 11.6 Å². The van der Waals surface area contributed by atoms with Crippen molar-refractivity contribution in [1.29, 1.82) is 0 Å². The van der Waals surface area contributed by atoms with Gasteiger partial charge in [0.1, 0.15) is 18.4 Å². The van der Waals surface area contributed by atoms with E-state index in [4.69, 9.17) is 11.6 Å². The molecule has 0 bridgehead atoms. The molecule has 7 nitrogen and oxygen atoms in total. The fourth-order valence-corrected chi connectivity index (χ4v) is 6.93. The van der Waals surface area contributed by atoms with Gasteiger partial charge >= 0.3 is 0 Å². The number of rotatable bonds is 11. The normalized spacial score (nSPS) is 14.6. The number of hydrogen-bond acceptors (Lipinski definition) is 4. The minimum Gasteiger partial charge on any atom is -0.352 e. The third-order valence-corrected chi connectivity index (χ3v) is 10.1. The highest BCUT2D eigenvalue weighted by Crippen LogP contribution is 2.29. The maximum absolute atomic E-state index is 14.2. The van der Waals surface area contributed by atoms with E-state index in [1.165, 1.54) is 35.2 Å². The summed E-state index contributed by atoms with van der Waals surface area (Å²) < 4.78 is 42.8. The van der Waals surface area contributed by atoms with Crippen molar-refractivity contribution in [1.82, 2.24) is 10.2 Å². The van der Waals surface area contributed by atoms with Gasteiger partial charge < -0.3 is 10.2 Å². The average Bonchev–Trinajstić information content (AvgIpc) is 2.99. The van der Waals surface area contributed by atoms with E-state index in [1.54, 1.807) is 43.3 Å². The lowest BCUT2D eigenvalue weighted by Crippen LogP contribution is -2.54. The van der Waals surface area contributed by atoms with Crippen LogP contribution in [0.1, 0.15) is 62.1 Å². The smallest absolute Gasteiger partial charge is 0.264 e. The van der Waals surface area contributed by atoms with Gasteiger partial charge in [0, 0.05) is 17.6 Å². The maximum atomic E-state index is 14.2. The van der Waals surface area contributed by atoms with Crippen LogP contribution in [0.25, 0.3) is 0 Å². The predicted molar refractivity (Wildman–Crippen MR) is 168 cm³/mol. The fraction of sp³-hybridized carbons (Fsp3) is 0.394. The van der Waals surface area contributed by atoms with Crippen LogP contribution in [0.5, 0.6) is 0 Å². The van der Waals surface area contributed by atoms with Crippen LogP contribution in [0.2, 0.25) is 5.02 Å². The zero-order valence-corrected chi connectivity index (χ0v) is 26.4. The minimum absolute atomic E-state index is 0.00276. The monoisotopic (exact) mass is 627 g/mol. The molecule has 1 saturated carbocycles. The Morgan fingerprint density at radius 1 is 0.977 bits per heavy atom. The van der Waals surface area contributed by atoms with Gasteiger partial charge in [-0.2, -0.15) is 0 Å². The molecule has 0 heterocycles. The molecule has 4 rings (SSSR count). The molecule has 0 radical (unpaired) electrons. The number of aryl methyl sites for hydroxylation is 2. The molecule has 3 aromatic rings. The number of sulfonamides is 1. The van der Waals surface area contributed by atoms with Gasteiger partial charge in [-0.1, -0.05) is 73.7 Å². The summed E-state index contributed by atoms with van der Waals surface area (Å²) in [5.41, 5.74) is 2.49. The first-order chi connectivity index (χ1) is 20.5. The third-order valence-electron chi connectivity index (χ3n) is 7.93. The van der Waals surface area contributed by atoms with E-state index in [2.05, 4.69) is 5.32 Å². The minimum atomic E-state index is -4.21. The van der Waals surface area contributed by atoms with Crippen molar-refractivity contribution >= 4 is 39.1 Å². The van der Waals surface area contributed by atoms with E-state index in [9.17, 15) is 22.4 Å². The number of halogens is 2. The molecule has 0 saturated heterocycles. The summed E-state index contributed by atoms with van der Waals surface area (Å²) in [5.74, 6) is -1.27. The first-order valence-electron chi connectivity index (χ1n) is 14.7. The van der Waals surface area contributed by atoms with Crippen molar-refractivity contribution in [3.05, 3.63) is 94.3 Å². The van der Waals surface area contributed by atoms with Gasteiger partial charge in [-0.25, -0.2) is 12.8 Å². The summed E-state index contributed by atoms with van der Waals surface area (Å²) in [7, 11) is -4.21. The second-order valence-corrected chi connectivity index (χ2v) is 13.4. The molecule has 1 fully saturated rings. The van der Waals surface area contributed by atoms with Crippen LogP contribution in [0.4, 0.5) is 10.1 Å². The predicted octanol–water partition coefficient (Wildman–Crippen LogP) is 6.55. The number of amides is 2. The van der Waals surface area contributed by atoms with Crippen molar-refractivity contribution < 1.29 is 22.4 Å². The van der Waals surface area contributed by atoms with Gasteiger partial charge in [0.05, 0.1) is 10.6 Å². The van der Waals surface area contributed by atoms with Crippen molar-refractivity contribution in [2.45, 2.75) is 82.8 Å². The number of carbonyl (C=O) groups excluding carboxylic acids is 2. The second kappa shape index (κ2) is 14.4. The second-order valence-electron chi connectivity index (χ2n) is 11.2. The summed E-state index contributed by atoms with van der Waals surface area (Å²) >= 11 is 6.40. The highest BCUT2D eigenvalue weighted by Gasteiger charge is 2.34. The van der Waals surface area contributed by atoms with Gasteiger partial charge in [-0.05, 0) is 80.6 Å². The number of anilines is 1. The van der Waals surface area contributed by atoms with Gasteiger partial charge in [0.25, 0.3) is 10.0 Å². The third kappa shape index (κ3) is 8.15. The number of nitrogens with one attached hydrogen (secondary N) is 1. The highest BCUT2D eigenvalue weighted by atomic mass is 35.5. The van der Waals surface area contributed by atoms with Crippen LogP contribution in [0, 0.1) is 19.7 Å². The largest absolute Gasteiger partial charge is 0.352 e. The topological polar surface area (TPSA) is 86.8 Å². The van der Waals surface area contributed by atoms with E-state index in [1.807, 2.05) is 13.8 Å². The number of nitrogens with zero attached hydrogens (tertiary/aromatic N) is 2. The van der Waals surface area contributed by atoms with E-state index < -0.39 is 34.3 Å². The molecular weight excluding hydrogens is 589 g/mol. The summed E-state index contributed by atoms with van der Waals surface area (Å²) in [5, 5.41) is 3.48.